The molecule has 1 aromatic carbocycles. The second kappa shape index (κ2) is 7.86. The predicted molar refractivity (Wildman–Crippen MR) is 99.6 cm³/mol. The largest absolute Gasteiger partial charge is 0.462 e. The summed E-state index contributed by atoms with van der Waals surface area (Å²) in [4.78, 5) is 32.0. The highest BCUT2D eigenvalue weighted by atomic mass is 16.5. The van der Waals surface area contributed by atoms with Gasteiger partial charge in [0.2, 0.25) is 5.91 Å². The molecule has 2 N–H and O–H groups in total. The number of aromatic nitrogens is 1. The number of primary amides is 1. The van der Waals surface area contributed by atoms with E-state index in [1.165, 1.54) is 0 Å². The van der Waals surface area contributed by atoms with Gasteiger partial charge in [-0.25, -0.2) is 9.78 Å². The fraction of sp³-hybridized carbons (Fsp3) is 0.316. The standard InChI is InChI=1S/C19H22N4O3/c1-2-26-19(25)16-4-3-9-21-18(16)23-12-10-22(11-13-23)15-7-5-14(6-8-15)17(20)24/h3-9H,2,10-13H2,1H3,(H2,20,24). The van der Waals surface area contributed by atoms with Crippen LogP contribution in [-0.2, 0) is 4.74 Å². The molecule has 7 heteroatoms. The second-order valence-corrected chi connectivity index (χ2v) is 5.98. The molecule has 1 aliphatic rings. The fourth-order valence-corrected chi connectivity index (χ4v) is 3.03. The minimum atomic E-state index is -0.428. The average Bonchev–Trinajstić information content (AvgIpc) is 2.68. The van der Waals surface area contributed by atoms with E-state index in [9.17, 15) is 9.59 Å². The lowest BCUT2D eigenvalue weighted by molar-refractivity contribution is 0.0526. The molecule has 2 aromatic rings. The number of pyridine rings is 1. The smallest absolute Gasteiger partial charge is 0.341 e. The summed E-state index contributed by atoms with van der Waals surface area (Å²) in [5.74, 6) is -0.113. The fourth-order valence-electron chi connectivity index (χ4n) is 3.03. The first-order chi connectivity index (χ1) is 12.6. The van der Waals surface area contributed by atoms with Gasteiger partial charge in [0.05, 0.1) is 6.61 Å². The Bertz CT molecular complexity index is 784. The summed E-state index contributed by atoms with van der Waals surface area (Å²) < 4.78 is 5.13. The van der Waals surface area contributed by atoms with Gasteiger partial charge in [0.15, 0.2) is 0 Å². The maximum atomic E-state index is 12.1. The van der Waals surface area contributed by atoms with E-state index in [0.717, 1.165) is 31.9 Å². The molecule has 1 fully saturated rings. The molecule has 0 bridgehead atoms. The van der Waals surface area contributed by atoms with Crippen LogP contribution in [0.4, 0.5) is 11.5 Å². The summed E-state index contributed by atoms with van der Waals surface area (Å²) in [7, 11) is 0. The van der Waals surface area contributed by atoms with Crippen molar-refractivity contribution in [3.8, 4) is 0 Å². The van der Waals surface area contributed by atoms with E-state index in [-0.39, 0.29) is 5.97 Å². The summed E-state index contributed by atoms with van der Waals surface area (Å²) in [6.07, 6.45) is 1.69. The summed E-state index contributed by atoms with van der Waals surface area (Å²) in [5, 5.41) is 0. The van der Waals surface area contributed by atoms with Crippen molar-refractivity contribution in [1.82, 2.24) is 4.98 Å². The number of anilines is 2. The quantitative estimate of drug-likeness (QED) is 0.822. The number of carbonyl (C=O) groups is 2. The molecule has 2 heterocycles. The lowest BCUT2D eigenvalue weighted by Crippen LogP contribution is -2.47. The van der Waals surface area contributed by atoms with Crippen LogP contribution in [0.15, 0.2) is 42.6 Å². The zero-order chi connectivity index (χ0) is 18.5. The first-order valence-electron chi connectivity index (χ1n) is 8.62. The third kappa shape index (κ3) is 3.77. The molecule has 0 saturated carbocycles. The molecule has 0 radical (unpaired) electrons. The van der Waals surface area contributed by atoms with E-state index in [0.29, 0.717) is 23.6 Å². The number of nitrogens with two attached hydrogens (primary N) is 1. The number of nitrogens with zero attached hydrogens (tertiary/aromatic N) is 3. The van der Waals surface area contributed by atoms with Crippen LogP contribution in [0.1, 0.15) is 27.6 Å². The van der Waals surface area contributed by atoms with Gasteiger partial charge in [-0.05, 0) is 43.3 Å². The van der Waals surface area contributed by atoms with Gasteiger partial charge < -0.3 is 20.3 Å². The van der Waals surface area contributed by atoms with Crippen LogP contribution in [0.5, 0.6) is 0 Å². The lowest BCUT2D eigenvalue weighted by atomic mass is 10.1. The van der Waals surface area contributed by atoms with E-state index in [4.69, 9.17) is 10.5 Å². The van der Waals surface area contributed by atoms with Crippen LogP contribution in [0.3, 0.4) is 0 Å². The molecule has 136 valence electrons. The van der Waals surface area contributed by atoms with Crippen molar-refractivity contribution >= 4 is 23.4 Å². The first kappa shape index (κ1) is 17.7. The molecule has 0 atom stereocenters. The molecular weight excluding hydrogens is 332 g/mol. The van der Waals surface area contributed by atoms with Crippen molar-refractivity contribution in [3.05, 3.63) is 53.7 Å². The number of ether oxygens (including phenoxy) is 1. The zero-order valence-electron chi connectivity index (χ0n) is 14.7. The van der Waals surface area contributed by atoms with Gasteiger partial charge in [-0.1, -0.05) is 0 Å². The Labute approximate surface area is 152 Å². The van der Waals surface area contributed by atoms with Gasteiger partial charge >= 0.3 is 5.97 Å². The number of carbonyl (C=O) groups excluding carboxylic acids is 2. The Hall–Kier alpha value is -3.09. The molecule has 0 aliphatic carbocycles. The van der Waals surface area contributed by atoms with Gasteiger partial charge in [-0.3, -0.25) is 4.79 Å². The molecule has 1 aliphatic heterocycles. The Balaban J connectivity index is 1.69. The predicted octanol–water partition coefficient (Wildman–Crippen LogP) is 1.68. The third-order valence-electron chi connectivity index (χ3n) is 4.38. The van der Waals surface area contributed by atoms with Crippen molar-refractivity contribution in [1.29, 1.82) is 0 Å². The van der Waals surface area contributed by atoms with Crippen molar-refractivity contribution in [2.45, 2.75) is 6.92 Å². The summed E-state index contributed by atoms with van der Waals surface area (Å²) >= 11 is 0. The maximum absolute atomic E-state index is 12.1. The van der Waals surface area contributed by atoms with Crippen LogP contribution in [0.2, 0.25) is 0 Å². The molecule has 7 nitrogen and oxygen atoms in total. The highest BCUT2D eigenvalue weighted by Gasteiger charge is 2.23. The molecule has 1 amide bonds. The number of amides is 1. The van der Waals surface area contributed by atoms with Gasteiger partial charge in [0.25, 0.3) is 0 Å². The van der Waals surface area contributed by atoms with Crippen molar-refractivity contribution in [2.75, 3.05) is 42.6 Å². The van der Waals surface area contributed by atoms with Crippen LogP contribution in [0, 0.1) is 0 Å². The van der Waals surface area contributed by atoms with Crippen LogP contribution >= 0.6 is 0 Å². The van der Waals surface area contributed by atoms with Gasteiger partial charge in [-0.2, -0.15) is 0 Å². The van der Waals surface area contributed by atoms with Crippen LogP contribution in [-0.4, -0.2) is 49.6 Å². The van der Waals surface area contributed by atoms with Crippen LogP contribution in [0.25, 0.3) is 0 Å². The molecule has 26 heavy (non-hydrogen) atoms. The summed E-state index contributed by atoms with van der Waals surface area (Å²) in [5.41, 5.74) is 7.32. The van der Waals surface area contributed by atoms with Crippen molar-refractivity contribution in [3.63, 3.8) is 0 Å². The number of hydrogen-bond acceptors (Lipinski definition) is 6. The molecule has 1 saturated heterocycles. The summed E-state index contributed by atoms with van der Waals surface area (Å²) in [6.45, 7) is 5.17. The van der Waals surface area contributed by atoms with E-state index in [2.05, 4.69) is 14.8 Å². The highest BCUT2D eigenvalue weighted by Crippen LogP contribution is 2.23. The Morgan fingerprint density at radius 2 is 1.73 bits per heavy atom. The monoisotopic (exact) mass is 354 g/mol. The first-order valence-corrected chi connectivity index (χ1v) is 8.62. The van der Waals surface area contributed by atoms with E-state index < -0.39 is 5.91 Å². The number of hydrogen-bond donors (Lipinski definition) is 1. The number of esters is 1. The molecule has 1 aromatic heterocycles. The van der Waals surface area contributed by atoms with Crippen molar-refractivity contribution in [2.24, 2.45) is 5.73 Å². The highest BCUT2D eigenvalue weighted by molar-refractivity contribution is 5.95. The third-order valence-corrected chi connectivity index (χ3v) is 4.38. The molecular formula is C19H22N4O3. The minimum absolute atomic E-state index is 0.336. The number of benzene rings is 1. The van der Waals surface area contributed by atoms with Gasteiger partial charge in [-0.15, -0.1) is 0 Å². The minimum Gasteiger partial charge on any atom is -0.462 e. The second-order valence-electron chi connectivity index (χ2n) is 5.98. The van der Waals surface area contributed by atoms with E-state index in [1.807, 2.05) is 12.1 Å². The Morgan fingerprint density at radius 1 is 1.08 bits per heavy atom. The van der Waals surface area contributed by atoms with E-state index >= 15 is 0 Å². The number of piperazine rings is 1. The van der Waals surface area contributed by atoms with Gasteiger partial charge in [0.1, 0.15) is 11.4 Å². The molecule has 0 unspecified atom stereocenters. The zero-order valence-corrected chi connectivity index (χ0v) is 14.7. The number of rotatable bonds is 5. The Kier molecular flexibility index (Phi) is 5.36. The maximum Gasteiger partial charge on any atom is 0.341 e. The SMILES string of the molecule is CCOC(=O)c1cccnc1N1CCN(c2ccc(C(N)=O)cc2)CC1. The molecule has 0 spiro atoms. The topological polar surface area (TPSA) is 88.8 Å². The van der Waals surface area contributed by atoms with E-state index in [1.54, 1.807) is 37.4 Å². The van der Waals surface area contributed by atoms with Crippen molar-refractivity contribution < 1.29 is 14.3 Å². The lowest BCUT2D eigenvalue weighted by Gasteiger charge is -2.37. The normalized spacial score (nSPS) is 14.2. The van der Waals surface area contributed by atoms with Gasteiger partial charge in [0, 0.05) is 43.6 Å². The average molecular weight is 354 g/mol. The Morgan fingerprint density at radius 3 is 2.35 bits per heavy atom. The molecule has 3 rings (SSSR count). The summed E-state index contributed by atoms with van der Waals surface area (Å²) in [6, 6.07) is 10.8. The van der Waals surface area contributed by atoms with Crippen LogP contribution < -0.4 is 15.5 Å².